The number of hydrogen-bond acceptors (Lipinski definition) is 2. The molecule has 0 atom stereocenters. The highest BCUT2D eigenvalue weighted by molar-refractivity contribution is 5.97. The van der Waals surface area contributed by atoms with Gasteiger partial charge in [-0.05, 0) is 48.6 Å². The summed E-state index contributed by atoms with van der Waals surface area (Å²) in [5.41, 5.74) is 2.91. The predicted molar refractivity (Wildman–Crippen MR) is 76.5 cm³/mol. The van der Waals surface area contributed by atoms with Crippen LogP contribution < -0.4 is 0 Å². The highest BCUT2D eigenvalue weighted by atomic mass is 19.1. The number of carbonyl (C=O) groups is 1. The van der Waals surface area contributed by atoms with E-state index in [1.807, 2.05) is 23.0 Å². The van der Waals surface area contributed by atoms with Gasteiger partial charge in [-0.25, -0.2) is 4.39 Å². The number of benzene rings is 1. The predicted octanol–water partition coefficient (Wildman–Crippen LogP) is 3.46. The summed E-state index contributed by atoms with van der Waals surface area (Å²) in [5, 5.41) is 8.88. The van der Waals surface area contributed by atoms with Crippen LogP contribution >= 0.6 is 0 Å². The first-order valence-corrected chi connectivity index (χ1v) is 7.07. The van der Waals surface area contributed by atoms with E-state index in [-0.39, 0.29) is 5.78 Å². The maximum atomic E-state index is 13.4. The number of aryl methyl sites for hydroxylation is 1. The van der Waals surface area contributed by atoms with E-state index in [2.05, 4.69) is 0 Å². The van der Waals surface area contributed by atoms with Crippen LogP contribution in [0.15, 0.2) is 30.6 Å². The highest BCUT2D eigenvalue weighted by Gasteiger charge is 2.17. The van der Waals surface area contributed by atoms with Crippen LogP contribution in [0.5, 0.6) is 0 Å². The lowest BCUT2D eigenvalue weighted by Crippen LogP contribution is -2.00. The molecule has 0 amide bonds. The number of nitriles is 1. The summed E-state index contributed by atoms with van der Waals surface area (Å²) in [5.74, 6) is -0.216. The van der Waals surface area contributed by atoms with Gasteiger partial charge in [-0.3, -0.25) is 4.79 Å². The summed E-state index contributed by atoms with van der Waals surface area (Å²) in [4.78, 5) is 12.0. The van der Waals surface area contributed by atoms with E-state index in [1.165, 1.54) is 12.1 Å². The van der Waals surface area contributed by atoms with Crippen molar-refractivity contribution in [1.29, 1.82) is 5.26 Å². The van der Waals surface area contributed by atoms with E-state index < -0.39 is 5.82 Å². The second-order valence-electron chi connectivity index (χ2n) is 5.46. The number of rotatable bonds is 2. The third-order valence-electron chi connectivity index (χ3n) is 3.81. The van der Waals surface area contributed by atoms with Gasteiger partial charge in [0.05, 0.1) is 11.6 Å². The largest absolute Gasteiger partial charge is 0.349 e. The van der Waals surface area contributed by atoms with Crippen LogP contribution in [0.3, 0.4) is 0 Å². The van der Waals surface area contributed by atoms with Gasteiger partial charge in [-0.1, -0.05) is 0 Å². The van der Waals surface area contributed by atoms with Crippen molar-refractivity contribution in [3.63, 3.8) is 0 Å². The number of nitrogens with zero attached hydrogens (tertiary/aromatic N) is 2. The molecule has 0 spiro atoms. The molecule has 0 saturated carbocycles. The van der Waals surface area contributed by atoms with Crippen LogP contribution in [0.2, 0.25) is 0 Å². The molecule has 3 nitrogen and oxygen atoms in total. The summed E-state index contributed by atoms with van der Waals surface area (Å²) in [6, 6.07) is 6.28. The topological polar surface area (TPSA) is 45.8 Å². The standard InChI is InChI=1S/C17H15FN2O/c18-15-6-12(8-19)5-13(7-15)9-20-10-14-3-1-2-4-17(21)16(14)11-20/h5-7,10-11H,1-4,9H2. The quantitative estimate of drug-likeness (QED) is 0.792. The van der Waals surface area contributed by atoms with Crippen LogP contribution in [0, 0.1) is 17.1 Å². The van der Waals surface area contributed by atoms with Gasteiger partial charge >= 0.3 is 0 Å². The molecule has 21 heavy (non-hydrogen) atoms. The fraction of sp³-hybridized carbons (Fsp3) is 0.294. The summed E-state index contributed by atoms with van der Waals surface area (Å²) < 4.78 is 15.4. The minimum atomic E-state index is -0.408. The number of hydrogen-bond donors (Lipinski definition) is 0. The minimum absolute atomic E-state index is 0.193. The molecule has 1 aliphatic rings. The lowest BCUT2D eigenvalue weighted by Gasteiger charge is -2.04. The van der Waals surface area contributed by atoms with Gasteiger partial charge in [0.15, 0.2) is 5.78 Å². The molecule has 0 unspecified atom stereocenters. The maximum Gasteiger partial charge on any atom is 0.164 e. The number of aromatic nitrogens is 1. The molecule has 0 radical (unpaired) electrons. The molecule has 4 heteroatoms. The first-order chi connectivity index (χ1) is 10.2. The Morgan fingerprint density at radius 3 is 2.81 bits per heavy atom. The van der Waals surface area contributed by atoms with Gasteiger partial charge in [0.1, 0.15) is 5.82 Å². The Kier molecular flexibility index (Phi) is 3.57. The van der Waals surface area contributed by atoms with Crippen LogP contribution in [0.1, 0.15) is 46.3 Å². The van der Waals surface area contributed by atoms with E-state index in [1.54, 1.807) is 6.07 Å². The first kappa shape index (κ1) is 13.6. The van der Waals surface area contributed by atoms with Crippen molar-refractivity contribution in [3.05, 3.63) is 58.7 Å². The minimum Gasteiger partial charge on any atom is -0.349 e. The molecule has 1 aromatic heterocycles. The Hall–Kier alpha value is -2.41. The van der Waals surface area contributed by atoms with E-state index in [0.717, 1.165) is 36.0 Å². The first-order valence-electron chi connectivity index (χ1n) is 7.07. The molecule has 2 aromatic rings. The summed E-state index contributed by atoms with van der Waals surface area (Å²) in [6.45, 7) is 0.465. The van der Waals surface area contributed by atoms with Crippen LogP contribution in [-0.4, -0.2) is 10.4 Å². The van der Waals surface area contributed by atoms with Crippen LogP contribution in [0.4, 0.5) is 4.39 Å². The molecule has 0 aliphatic heterocycles. The maximum absolute atomic E-state index is 13.4. The SMILES string of the molecule is N#Cc1cc(F)cc(Cn2cc3c(c2)C(=O)CCCC3)c1. The molecule has 1 aromatic carbocycles. The summed E-state index contributed by atoms with van der Waals surface area (Å²) in [6.07, 6.45) is 7.32. The second kappa shape index (κ2) is 5.53. The van der Waals surface area contributed by atoms with Gasteiger partial charge in [-0.15, -0.1) is 0 Å². The zero-order valence-electron chi connectivity index (χ0n) is 11.6. The molecular formula is C17H15FN2O. The molecule has 0 fully saturated rings. The Bertz CT molecular complexity index is 740. The third kappa shape index (κ3) is 2.87. The van der Waals surface area contributed by atoms with Crippen molar-refractivity contribution in [2.45, 2.75) is 32.2 Å². The summed E-state index contributed by atoms with van der Waals surface area (Å²) >= 11 is 0. The lowest BCUT2D eigenvalue weighted by atomic mass is 10.1. The van der Waals surface area contributed by atoms with Gasteiger partial charge in [-0.2, -0.15) is 5.26 Å². The van der Waals surface area contributed by atoms with Crippen LogP contribution in [0.25, 0.3) is 0 Å². The number of carbonyl (C=O) groups excluding carboxylic acids is 1. The Morgan fingerprint density at radius 1 is 1.19 bits per heavy atom. The fourth-order valence-corrected chi connectivity index (χ4v) is 2.85. The Labute approximate surface area is 122 Å². The zero-order chi connectivity index (χ0) is 14.8. The molecular weight excluding hydrogens is 267 g/mol. The average Bonchev–Trinajstić information content (AvgIpc) is 2.77. The highest BCUT2D eigenvalue weighted by Crippen LogP contribution is 2.22. The van der Waals surface area contributed by atoms with Crippen molar-refractivity contribution in [1.82, 2.24) is 4.57 Å². The second-order valence-corrected chi connectivity index (χ2v) is 5.46. The number of halogens is 1. The molecule has 0 saturated heterocycles. The van der Waals surface area contributed by atoms with Crippen molar-refractivity contribution >= 4 is 5.78 Å². The van der Waals surface area contributed by atoms with E-state index in [4.69, 9.17) is 5.26 Å². The number of ketones is 1. The Balaban J connectivity index is 1.89. The van der Waals surface area contributed by atoms with Crippen LogP contribution in [-0.2, 0) is 13.0 Å². The molecule has 1 heterocycles. The zero-order valence-corrected chi connectivity index (χ0v) is 11.6. The molecule has 1 aliphatic carbocycles. The number of fused-ring (bicyclic) bond motifs is 1. The van der Waals surface area contributed by atoms with Gasteiger partial charge in [0, 0.05) is 30.9 Å². The average molecular weight is 282 g/mol. The number of Topliss-reactive ketones (excluding diaryl/α,β-unsaturated/α-hetero) is 1. The van der Waals surface area contributed by atoms with Crippen molar-refractivity contribution in [2.24, 2.45) is 0 Å². The fourth-order valence-electron chi connectivity index (χ4n) is 2.85. The van der Waals surface area contributed by atoms with Crippen molar-refractivity contribution < 1.29 is 9.18 Å². The third-order valence-corrected chi connectivity index (χ3v) is 3.81. The lowest BCUT2D eigenvalue weighted by molar-refractivity contribution is 0.0982. The van der Waals surface area contributed by atoms with E-state index >= 15 is 0 Å². The Morgan fingerprint density at radius 2 is 2.00 bits per heavy atom. The molecule has 0 N–H and O–H groups in total. The van der Waals surface area contributed by atoms with E-state index in [9.17, 15) is 9.18 Å². The van der Waals surface area contributed by atoms with E-state index in [0.29, 0.717) is 18.5 Å². The molecule has 3 rings (SSSR count). The van der Waals surface area contributed by atoms with Crippen molar-refractivity contribution in [3.8, 4) is 6.07 Å². The smallest absolute Gasteiger partial charge is 0.164 e. The van der Waals surface area contributed by atoms with Gasteiger partial charge in [0.2, 0.25) is 0 Å². The molecule has 106 valence electrons. The monoisotopic (exact) mass is 282 g/mol. The van der Waals surface area contributed by atoms with Crippen molar-refractivity contribution in [2.75, 3.05) is 0 Å². The summed E-state index contributed by atoms with van der Waals surface area (Å²) in [7, 11) is 0. The normalized spacial score (nSPS) is 14.4. The van der Waals surface area contributed by atoms with Gasteiger partial charge < -0.3 is 4.57 Å². The van der Waals surface area contributed by atoms with Gasteiger partial charge in [0.25, 0.3) is 0 Å². The molecule has 0 bridgehead atoms.